The summed E-state index contributed by atoms with van der Waals surface area (Å²) in [6, 6.07) is 6.35. The Hall–Kier alpha value is -3.09. The maximum Gasteiger partial charge on any atom is 0.337 e. The zero-order valence-corrected chi connectivity index (χ0v) is 17.8. The molecule has 0 amide bonds. The van der Waals surface area contributed by atoms with Crippen LogP contribution in [0.1, 0.15) is 45.6 Å². The van der Waals surface area contributed by atoms with Crippen LogP contribution in [0.4, 0.5) is 0 Å². The smallest absolute Gasteiger partial charge is 0.337 e. The molecule has 2 aliphatic rings. The summed E-state index contributed by atoms with van der Waals surface area (Å²) in [6.07, 6.45) is 0.137. The van der Waals surface area contributed by atoms with E-state index in [9.17, 15) is 19.5 Å². The number of rotatable bonds is 4. The topological polar surface area (TPSA) is 102 Å². The molecule has 1 aliphatic carbocycles. The second-order valence-corrected chi connectivity index (χ2v) is 8.08. The van der Waals surface area contributed by atoms with Crippen LogP contribution in [0.2, 0.25) is 0 Å². The minimum atomic E-state index is -0.934. The molecule has 0 radical (unpaired) electrons. The molecule has 0 unspecified atom stereocenters. The molecular formula is C23H27NO6. The third-order valence-corrected chi connectivity index (χ3v) is 5.53. The molecule has 3 atom stereocenters. The number of carbonyl (C=O) groups is 3. The number of methoxy groups -OCH3 is 1. The molecular weight excluding hydrogens is 386 g/mol. The Balaban J connectivity index is 2.17. The standard InChI is InChI=1S/C23H27NO6/c1-11(2)30-23(28)18-13(4)24-16-10-12(3)17(22(27)29-5)21(26)20(16)19(18)14-6-8-15(25)9-7-14/h6-9,11-12,17,19,24-25H,10H2,1-5H3/t12-,17-,19-/m0/s1. The number of allylic oxidation sites excluding steroid dienone is 3. The van der Waals surface area contributed by atoms with Gasteiger partial charge in [-0.3, -0.25) is 9.59 Å². The lowest BCUT2D eigenvalue weighted by atomic mass is 9.69. The molecule has 3 rings (SSSR count). The summed E-state index contributed by atoms with van der Waals surface area (Å²) < 4.78 is 10.3. The number of Topliss-reactive ketones (excluding diaryl/α,β-unsaturated/α-hetero) is 1. The Morgan fingerprint density at radius 1 is 1.20 bits per heavy atom. The summed E-state index contributed by atoms with van der Waals surface area (Å²) in [5, 5.41) is 12.9. The summed E-state index contributed by atoms with van der Waals surface area (Å²) in [4.78, 5) is 38.8. The summed E-state index contributed by atoms with van der Waals surface area (Å²) in [6.45, 7) is 7.12. The molecule has 30 heavy (non-hydrogen) atoms. The first kappa shape index (κ1) is 21.6. The summed E-state index contributed by atoms with van der Waals surface area (Å²) in [5.41, 5.74) is 2.65. The Bertz CT molecular complexity index is 941. The molecule has 1 aromatic carbocycles. The van der Waals surface area contributed by atoms with Crippen LogP contribution in [-0.4, -0.2) is 36.0 Å². The van der Waals surface area contributed by atoms with E-state index in [4.69, 9.17) is 9.47 Å². The lowest BCUT2D eigenvalue weighted by Crippen LogP contribution is -2.43. The number of carbonyl (C=O) groups excluding carboxylic acids is 3. The van der Waals surface area contributed by atoms with Crippen molar-refractivity contribution in [2.24, 2.45) is 11.8 Å². The lowest BCUT2D eigenvalue weighted by molar-refractivity contribution is -0.151. The first-order valence-corrected chi connectivity index (χ1v) is 9.98. The van der Waals surface area contributed by atoms with Crippen LogP contribution >= 0.6 is 0 Å². The van der Waals surface area contributed by atoms with Gasteiger partial charge in [0.05, 0.1) is 18.8 Å². The van der Waals surface area contributed by atoms with Crippen LogP contribution in [0.3, 0.4) is 0 Å². The van der Waals surface area contributed by atoms with Gasteiger partial charge in [-0.05, 0) is 50.8 Å². The zero-order valence-electron chi connectivity index (χ0n) is 17.8. The van der Waals surface area contributed by atoms with Crippen LogP contribution in [0.25, 0.3) is 0 Å². The fraction of sp³-hybridized carbons (Fsp3) is 0.435. The Morgan fingerprint density at radius 2 is 1.83 bits per heavy atom. The van der Waals surface area contributed by atoms with Crippen molar-refractivity contribution in [3.63, 3.8) is 0 Å². The number of hydrogen-bond donors (Lipinski definition) is 2. The van der Waals surface area contributed by atoms with Gasteiger partial charge >= 0.3 is 11.9 Å². The second kappa shape index (κ2) is 8.34. The van der Waals surface area contributed by atoms with Crippen molar-refractivity contribution in [3.8, 4) is 5.75 Å². The van der Waals surface area contributed by atoms with Crippen LogP contribution in [0.15, 0.2) is 46.8 Å². The first-order valence-electron chi connectivity index (χ1n) is 9.98. The number of ether oxygens (including phenoxy) is 2. The minimum Gasteiger partial charge on any atom is -0.508 e. The molecule has 0 bridgehead atoms. The SMILES string of the molecule is COC(=O)[C@@H]1C(=O)C2=C(C[C@@H]1C)NC(C)=C(C(=O)OC(C)C)[C@@H]2c1ccc(O)cc1. The highest BCUT2D eigenvalue weighted by Gasteiger charge is 2.47. The third-order valence-electron chi connectivity index (χ3n) is 5.53. The molecule has 0 aromatic heterocycles. The van der Waals surface area contributed by atoms with Gasteiger partial charge in [0.25, 0.3) is 0 Å². The largest absolute Gasteiger partial charge is 0.508 e. The highest BCUT2D eigenvalue weighted by atomic mass is 16.5. The number of benzene rings is 1. The molecule has 0 spiro atoms. The predicted octanol–water partition coefficient (Wildman–Crippen LogP) is 2.96. The predicted molar refractivity (Wildman–Crippen MR) is 109 cm³/mol. The van der Waals surface area contributed by atoms with Gasteiger partial charge in [-0.15, -0.1) is 0 Å². The molecule has 7 nitrogen and oxygen atoms in total. The quantitative estimate of drug-likeness (QED) is 0.578. The van der Waals surface area contributed by atoms with E-state index in [0.717, 1.165) is 0 Å². The van der Waals surface area contributed by atoms with Crippen molar-refractivity contribution in [2.75, 3.05) is 7.11 Å². The first-order chi connectivity index (χ1) is 14.1. The van der Waals surface area contributed by atoms with E-state index >= 15 is 0 Å². The van der Waals surface area contributed by atoms with Crippen molar-refractivity contribution >= 4 is 17.7 Å². The molecule has 2 N–H and O–H groups in total. The van der Waals surface area contributed by atoms with Crippen molar-refractivity contribution in [1.29, 1.82) is 0 Å². The molecule has 0 saturated carbocycles. The Morgan fingerprint density at radius 3 is 2.40 bits per heavy atom. The summed E-state index contributed by atoms with van der Waals surface area (Å²) >= 11 is 0. The summed E-state index contributed by atoms with van der Waals surface area (Å²) in [5.74, 6) is -3.28. The average molecular weight is 413 g/mol. The average Bonchev–Trinajstić information content (AvgIpc) is 2.66. The fourth-order valence-corrected chi connectivity index (χ4v) is 4.23. The number of esters is 2. The number of phenols is 1. The second-order valence-electron chi connectivity index (χ2n) is 8.08. The van der Waals surface area contributed by atoms with Gasteiger partial charge in [-0.1, -0.05) is 19.1 Å². The fourth-order valence-electron chi connectivity index (χ4n) is 4.23. The maximum atomic E-state index is 13.5. The maximum absolute atomic E-state index is 13.5. The Kier molecular flexibility index (Phi) is 6.01. The molecule has 0 saturated heterocycles. The highest BCUT2D eigenvalue weighted by molar-refractivity contribution is 6.12. The van der Waals surface area contributed by atoms with Gasteiger partial charge in [-0.2, -0.15) is 0 Å². The monoisotopic (exact) mass is 413 g/mol. The normalized spacial score (nSPS) is 23.8. The van der Waals surface area contributed by atoms with E-state index in [1.165, 1.54) is 19.2 Å². The van der Waals surface area contributed by atoms with Crippen molar-refractivity contribution in [1.82, 2.24) is 5.32 Å². The summed E-state index contributed by atoms with van der Waals surface area (Å²) in [7, 11) is 1.26. The van der Waals surface area contributed by atoms with Gasteiger partial charge in [0.15, 0.2) is 5.78 Å². The van der Waals surface area contributed by atoms with Crippen molar-refractivity contribution < 1.29 is 29.0 Å². The molecule has 0 fully saturated rings. The van der Waals surface area contributed by atoms with E-state index in [-0.39, 0.29) is 23.6 Å². The molecule has 7 heteroatoms. The van der Waals surface area contributed by atoms with E-state index in [0.29, 0.717) is 34.5 Å². The van der Waals surface area contributed by atoms with E-state index in [1.807, 2.05) is 6.92 Å². The zero-order chi connectivity index (χ0) is 22.2. The molecule has 1 heterocycles. The number of nitrogens with one attached hydrogen (secondary N) is 1. The van der Waals surface area contributed by atoms with Gasteiger partial charge in [-0.25, -0.2) is 4.79 Å². The van der Waals surface area contributed by atoms with Gasteiger partial charge in [0.2, 0.25) is 0 Å². The van der Waals surface area contributed by atoms with E-state index < -0.39 is 23.8 Å². The third kappa shape index (κ3) is 3.84. The Labute approximate surface area is 175 Å². The number of aromatic hydroxyl groups is 1. The minimum absolute atomic E-state index is 0.0740. The van der Waals surface area contributed by atoms with E-state index in [1.54, 1.807) is 32.9 Å². The number of phenolic OH excluding ortho intramolecular Hbond substituents is 1. The highest BCUT2D eigenvalue weighted by Crippen LogP contribution is 2.45. The lowest BCUT2D eigenvalue weighted by Gasteiger charge is -2.38. The molecule has 160 valence electrons. The van der Waals surface area contributed by atoms with Gasteiger partial charge in [0.1, 0.15) is 11.7 Å². The van der Waals surface area contributed by atoms with Gasteiger partial charge in [0, 0.05) is 22.9 Å². The van der Waals surface area contributed by atoms with Crippen molar-refractivity contribution in [2.45, 2.75) is 46.1 Å². The van der Waals surface area contributed by atoms with Crippen LogP contribution < -0.4 is 5.32 Å². The number of hydrogen-bond acceptors (Lipinski definition) is 7. The van der Waals surface area contributed by atoms with E-state index in [2.05, 4.69) is 5.32 Å². The van der Waals surface area contributed by atoms with Gasteiger partial charge < -0.3 is 19.9 Å². The molecule has 1 aromatic rings. The van der Waals surface area contributed by atoms with Crippen LogP contribution in [-0.2, 0) is 23.9 Å². The van der Waals surface area contributed by atoms with Crippen LogP contribution in [0, 0.1) is 11.8 Å². The van der Waals surface area contributed by atoms with Crippen molar-refractivity contribution in [3.05, 3.63) is 52.4 Å². The number of dihydropyridines is 1. The molecule has 1 aliphatic heterocycles. The van der Waals surface area contributed by atoms with Crippen LogP contribution in [0.5, 0.6) is 5.75 Å². The number of ketones is 1.